The zero-order valence-electron chi connectivity index (χ0n) is 26.1. The molecule has 0 saturated carbocycles. The molecular weight excluding hydrogens is 733 g/mol. The third-order valence-electron chi connectivity index (χ3n) is 7.65. The van der Waals surface area contributed by atoms with E-state index in [9.17, 15) is 0 Å². The summed E-state index contributed by atoms with van der Waals surface area (Å²) >= 11 is 0. The van der Waals surface area contributed by atoms with Crippen LogP contribution in [0.15, 0.2) is 126 Å². The molecule has 0 aliphatic heterocycles. The van der Waals surface area contributed by atoms with Gasteiger partial charge in [-0.15, -0.1) is 54.1 Å². The number of para-hydroxylation sites is 1. The van der Waals surface area contributed by atoms with E-state index in [1.165, 1.54) is 0 Å². The predicted molar refractivity (Wildman–Crippen MR) is 178 cm³/mol. The molecule has 6 heteroatoms. The minimum Gasteiger partial charge on any atom is -0.501 e. The Bertz CT molecular complexity index is 2220. The molecule has 223 valence electrons. The molecule has 5 nitrogen and oxygen atoms in total. The molecule has 4 aromatic heterocycles. The number of hydrogen-bond donors (Lipinski definition) is 0. The number of nitrogens with zero attached hydrogens (tertiary/aromatic N) is 4. The van der Waals surface area contributed by atoms with E-state index in [0.717, 1.165) is 72.6 Å². The van der Waals surface area contributed by atoms with E-state index in [2.05, 4.69) is 38.8 Å². The first kappa shape index (κ1) is 28.8. The standard InChI is InChI=1S/C28H22N3O.C11H8N.Ir/c1-17(2)19-12-13-21-22-10-7-11-23(27(22)32-25(21)16-19)28-30-26-18(3)29-15-14-24(26)31(28)20-8-5-4-6-9-20;1-2-6-10(7-3-1)11-8-4-5-9-12-11;/h4-10,12-17H,1-3H3;1-6,8-9H;/q2*-1;/i17D;;. The molecule has 0 amide bonds. The van der Waals surface area contributed by atoms with Crippen LogP contribution in [-0.4, -0.2) is 19.5 Å². The summed E-state index contributed by atoms with van der Waals surface area (Å²) in [7, 11) is 0. The molecule has 0 unspecified atom stereocenters. The van der Waals surface area contributed by atoms with Crippen LogP contribution in [0, 0.1) is 19.1 Å². The molecule has 8 aromatic rings. The fourth-order valence-electron chi connectivity index (χ4n) is 5.43. The second-order valence-electron chi connectivity index (χ2n) is 10.8. The van der Waals surface area contributed by atoms with E-state index < -0.39 is 5.89 Å². The van der Waals surface area contributed by atoms with Gasteiger partial charge in [0.1, 0.15) is 5.58 Å². The van der Waals surface area contributed by atoms with Gasteiger partial charge in [-0.1, -0.05) is 67.3 Å². The number of pyridine rings is 2. The summed E-state index contributed by atoms with van der Waals surface area (Å²) in [5.41, 5.74) is 8.97. The maximum atomic E-state index is 8.40. The average molecular weight is 764 g/mol. The number of benzene rings is 4. The van der Waals surface area contributed by atoms with Crippen LogP contribution in [-0.2, 0) is 20.1 Å². The van der Waals surface area contributed by atoms with E-state index in [1.807, 2.05) is 124 Å². The molecular formula is C39H30IrN4O-2. The monoisotopic (exact) mass is 764 g/mol. The Balaban J connectivity index is 0.000000241. The molecule has 0 bridgehead atoms. The molecule has 0 saturated heterocycles. The smallest absolute Gasteiger partial charge is 0.121 e. The third-order valence-corrected chi connectivity index (χ3v) is 7.65. The number of aromatic nitrogens is 4. The minimum absolute atomic E-state index is 0. The summed E-state index contributed by atoms with van der Waals surface area (Å²) in [6.45, 7) is 5.74. The number of rotatable bonds is 4. The fraction of sp³-hybridized carbons (Fsp3) is 0.103. The van der Waals surface area contributed by atoms with Crippen molar-refractivity contribution in [3.8, 4) is 28.3 Å². The van der Waals surface area contributed by atoms with Crippen molar-refractivity contribution in [2.45, 2.75) is 26.7 Å². The number of fused-ring (bicyclic) bond motifs is 4. The van der Waals surface area contributed by atoms with Gasteiger partial charge in [0.25, 0.3) is 0 Å². The quantitative estimate of drug-likeness (QED) is 0.168. The first-order chi connectivity index (χ1) is 21.9. The molecule has 1 radical (unpaired) electrons. The summed E-state index contributed by atoms with van der Waals surface area (Å²) in [5, 5.41) is 2.03. The Morgan fingerprint density at radius 3 is 2.38 bits per heavy atom. The van der Waals surface area contributed by atoms with Crippen LogP contribution in [0.4, 0.5) is 0 Å². The maximum Gasteiger partial charge on any atom is 0.121 e. The first-order valence-electron chi connectivity index (χ1n) is 15.0. The van der Waals surface area contributed by atoms with Gasteiger partial charge in [0.05, 0.1) is 28.1 Å². The zero-order valence-corrected chi connectivity index (χ0v) is 27.5. The van der Waals surface area contributed by atoms with Crippen molar-refractivity contribution in [2.24, 2.45) is 0 Å². The topological polar surface area (TPSA) is 56.7 Å². The van der Waals surface area contributed by atoms with Gasteiger partial charge in [-0.05, 0) is 54.4 Å². The normalized spacial score (nSPS) is 11.6. The SMILES string of the molecule is [2H]C(C)(C)c1ccc2c(c1)oc1c(-c3nc4c(C)nccc4n3-c3ccccc3)[c-]ccc12.[Ir].[c-]1ccccc1-c1ccccn1. The van der Waals surface area contributed by atoms with Crippen molar-refractivity contribution < 1.29 is 25.9 Å². The Labute approximate surface area is 277 Å². The van der Waals surface area contributed by atoms with Crippen LogP contribution in [0.3, 0.4) is 0 Å². The average Bonchev–Trinajstić information content (AvgIpc) is 3.65. The molecule has 0 spiro atoms. The van der Waals surface area contributed by atoms with Gasteiger partial charge in [-0.2, -0.15) is 0 Å². The van der Waals surface area contributed by atoms with E-state index in [1.54, 1.807) is 6.20 Å². The molecule has 4 aromatic carbocycles. The summed E-state index contributed by atoms with van der Waals surface area (Å²) in [5.74, 6) is 0.0616. The van der Waals surface area contributed by atoms with Crippen LogP contribution < -0.4 is 0 Å². The molecule has 0 atom stereocenters. The molecule has 0 aliphatic rings. The zero-order chi connectivity index (χ0) is 31.0. The Kier molecular flexibility index (Phi) is 8.33. The Hall–Kier alpha value is -4.90. The van der Waals surface area contributed by atoms with Gasteiger partial charge in [0.2, 0.25) is 0 Å². The van der Waals surface area contributed by atoms with E-state index in [-0.39, 0.29) is 20.1 Å². The van der Waals surface area contributed by atoms with E-state index >= 15 is 0 Å². The van der Waals surface area contributed by atoms with E-state index in [4.69, 9.17) is 10.8 Å². The van der Waals surface area contributed by atoms with Gasteiger partial charge in [0.15, 0.2) is 0 Å². The van der Waals surface area contributed by atoms with Crippen molar-refractivity contribution in [3.63, 3.8) is 0 Å². The van der Waals surface area contributed by atoms with Crippen molar-refractivity contribution in [1.29, 1.82) is 0 Å². The molecule has 0 fully saturated rings. The van der Waals surface area contributed by atoms with Crippen LogP contribution in [0.5, 0.6) is 0 Å². The molecule has 0 N–H and O–H groups in total. The van der Waals surface area contributed by atoms with Crippen LogP contribution >= 0.6 is 0 Å². The number of furan rings is 1. The maximum absolute atomic E-state index is 8.40. The fourth-order valence-corrected chi connectivity index (χ4v) is 5.43. The Morgan fingerprint density at radius 1 is 0.800 bits per heavy atom. The van der Waals surface area contributed by atoms with Crippen molar-refractivity contribution in [2.75, 3.05) is 0 Å². The predicted octanol–water partition coefficient (Wildman–Crippen LogP) is 9.77. The van der Waals surface area contributed by atoms with E-state index in [0.29, 0.717) is 0 Å². The van der Waals surface area contributed by atoms with Gasteiger partial charge >= 0.3 is 0 Å². The molecule has 8 rings (SSSR count). The number of aryl methyl sites for hydroxylation is 1. The Morgan fingerprint density at radius 2 is 1.62 bits per heavy atom. The molecule has 0 aliphatic carbocycles. The van der Waals surface area contributed by atoms with Crippen LogP contribution in [0.1, 0.15) is 32.4 Å². The summed E-state index contributed by atoms with van der Waals surface area (Å²) in [6, 6.07) is 42.4. The first-order valence-corrected chi connectivity index (χ1v) is 14.5. The van der Waals surface area contributed by atoms with Crippen LogP contribution in [0.25, 0.3) is 61.3 Å². The molecule has 45 heavy (non-hydrogen) atoms. The van der Waals surface area contributed by atoms with Gasteiger partial charge in [-0.3, -0.25) is 9.97 Å². The van der Waals surface area contributed by atoms with Crippen LogP contribution in [0.2, 0.25) is 0 Å². The largest absolute Gasteiger partial charge is 0.501 e. The minimum atomic E-state index is -0.700. The summed E-state index contributed by atoms with van der Waals surface area (Å²) in [6.07, 6.45) is 3.61. The van der Waals surface area contributed by atoms with Crippen molar-refractivity contribution in [3.05, 3.63) is 145 Å². The second kappa shape index (κ2) is 13.0. The van der Waals surface area contributed by atoms with Crippen molar-refractivity contribution >= 4 is 33.0 Å². The molecule has 4 heterocycles. The van der Waals surface area contributed by atoms with Gasteiger partial charge in [-0.25, -0.2) is 0 Å². The summed E-state index contributed by atoms with van der Waals surface area (Å²) in [4.78, 5) is 13.7. The summed E-state index contributed by atoms with van der Waals surface area (Å²) < 4.78 is 16.9. The number of imidazole rings is 1. The number of hydrogen-bond acceptors (Lipinski definition) is 4. The second-order valence-corrected chi connectivity index (χ2v) is 10.8. The van der Waals surface area contributed by atoms with Crippen molar-refractivity contribution in [1.82, 2.24) is 19.5 Å². The van der Waals surface area contributed by atoms with Gasteiger partial charge < -0.3 is 14.0 Å². The third kappa shape index (κ3) is 5.83. The van der Waals surface area contributed by atoms with Gasteiger partial charge in [0, 0.05) is 44.9 Å².